The second-order valence-corrected chi connectivity index (χ2v) is 5.76. The maximum atomic E-state index is 5.47. The summed E-state index contributed by atoms with van der Waals surface area (Å²) < 4.78 is 10.9. The smallest absolute Gasteiger partial charge is 0.161 e. The highest BCUT2D eigenvalue weighted by molar-refractivity contribution is 5.48. The SMILES string of the molecule is CCCNC(c1cc(OC)c(OC)cc1C)C(C)CCC. The Morgan fingerprint density at radius 1 is 1.05 bits per heavy atom. The van der Waals surface area contributed by atoms with Crippen LogP contribution >= 0.6 is 0 Å². The van der Waals surface area contributed by atoms with Crippen LogP contribution in [0.15, 0.2) is 12.1 Å². The number of methoxy groups -OCH3 is 2. The van der Waals surface area contributed by atoms with E-state index in [0.29, 0.717) is 12.0 Å². The number of benzene rings is 1. The number of nitrogens with one attached hydrogen (secondary N) is 1. The van der Waals surface area contributed by atoms with E-state index in [-0.39, 0.29) is 0 Å². The standard InChI is InChI=1S/C18H31NO2/c1-7-9-13(3)18(19-10-8-2)15-12-17(21-6)16(20-5)11-14(15)4/h11-13,18-19H,7-10H2,1-6H3. The van der Waals surface area contributed by atoms with E-state index >= 15 is 0 Å². The molecule has 0 heterocycles. The van der Waals surface area contributed by atoms with E-state index < -0.39 is 0 Å². The molecule has 3 nitrogen and oxygen atoms in total. The van der Waals surface area contributed by atoms with Gasteiger partial charge in [-0.15, -0.1) is 0 Å². The van der Waals surface area contributed by atoms with Crippen molar-refractivity contribution < 1.29 is 9.47 Å². The summed E-state index contributed by atoms with van der Waals surface area (Å²) in [7, 11) is 3.38. The first-order valence-electron chi connectivity index (χ1n) is 8.04. The Kier molecular flexibility index (Phi) is 7.58. The fourth-order valence-corrected chi connectivity index (χ4v) is 2.87. The fraction of sp³-hybridized carbons (Fsp3) is 0.667. The zero-order valence-electron chi connectivity index (χ0n) is 14.5. The maximum Gasteiger partial charge on any atom is 0.161 e. The highest BCUT2D eigenvalue weighted by Gasteiger charge is 2.21. The normalized spacial score (nSPS) is 13.8. The number of hydrogen-bond donors (Lipinski definition) is 1. The monoisotopic (exact) mass is 293 g/mol. The quantitative estimate of drug-likeness (QED) is 0.727. The summed E-state index contributed by atoms with van der Waals surface area (Å²) in [5, 5.41) is 3.70. The summed E-state index contributed by atoms with van der Waals surface area (Å²) in [5.41, 5.74) is 2.58. The molecule has 0 bridgehead atoms. The molecule has 120 valence electrons. The molecule has 1 aromatic rings. The molecule has 0 saturated heterocycles. The van der Waals surface area contributed by atoms with Gasteiger partial charge in [0.25, 0.3) is 0 Å². The van der Waals surface area contributed by atoms with Crippen LogP contribution in [0.5, 0.6) is 11.5 Å². The Labute approximate surface area is 130 Å². The Hall–Kier alpha value is -1.22. The van der Waals surface area contributed by atoms with E-state index in [9.17, 15) is 0 Å². The molecule has 0 saturated carbocycles. The molecule has 0 aliphatic rings. The number of hydrogen-bond acceptors (Lipinski definition) is 3. The number of aryl methyl sites for hydroxylation is 1. The third-order valence-corrected chi connectivity index (χ3v) is 4.03. The van der Waals surface area contributed by atoms with Crippen molar-refractivity contribution in [3.8, 4) is 11.5 Å². The minimum atomic E-state index is 0.365. The zero-order chi connectivity index (χ0) is 15.8. The highest BCUT2D eigenvalue weighted by Crippen LogP contribution is 2.36. The Morgan fingerprint density at radius 2 is 1.67 bits per heavy atom. The Balaban J connectivity index is 3.16. The van der Waals surface area contributed by atoms with Gasteiger partial charge in [0.1, 0.15) is 0 Å². The molecule has 21 heavy (non-hydrogen) atoms. The van der Waals surface area contributed by atoms with Gasteiger partial charge in [0, 0.05) is 6.04 Å². The van der Waals surface area contributed by atoms with E-state index in [0.717, 1.165) is 24.5 Å². The summed E-state index contributed by atoms with van der Waals surface area (Å²) in [5.74, 6) is 2.21. The first kappa shape index (κ1) is 17.8. The lowest BCUT2D eigenvalue weighted by atomic mass is 9.88. The largest absolute Gasteiger partial charge is 0.493 e. The first-order chi connectivity index (χ1) is 10.1. The Morgan fingerprint density at radius 3 is 2.19 bits per heavy atom. The van der Waals surface area contributed by atoms with Crippen molar-refractivity contribution in [2.45, 2.75) is 53.0 Å². The third-order valence-electron chi connectivity index (χ3n) is 4.03. The molecule has 0 aromatic heterocycles. The van der Waals surface area contributed by atoms with E-state index in [2.05, 4.69) is 45.1 Å². The average molecular weight is 293 g/mol. The van der Waals surface area contributed by atoms with Crippen molar-refractivity contribution >= 4 is 0 Å². The molecular formula is C18H31NO2. The van der Waals surface area contributed by atoms with Gasteiger partial charge in [-0.1, -0.05) is 27.2 Å². The molecular weight excluding hydrogens is 262 g/mol. The molecule has 0 aliphatic heterocycles. The van der Waals surface area contributed by atoms with Crippen LogP contribution in [0.2, 0.25) is 0 Å². The van der Waals surface area contributed by atoms with Crippen molar-refractivity contribution in [1.29, 1.82) is 0 Å². The van der Waals surface area contributed by atoms with E-state index in [1.54, 1.807) is 14.2 Å². The molecule has 0 aliphatic carbocycles. The van der Waals surface area contributed by atoms with Crippen LogP contribution in [0, 0.1) is 12.8 Å². The molecule has 0 spiro atoms. The van der Waals surface area contributed by atoms with E-state index in [1.165, 1.54) is 24.0 Å². The maximum absolute atomic E-state index is 5.47. The second-order valence-electron chi connectivity index (χ2n) is 5.76. The molecule has 1 aromatic carbocycles. The summed E-state index contributed by atoms with van der Waals surface area (Å²) in [6, 6.07) is 4.57. The van der Waals surface area contributed by atoms with Crippen molar-refractivity contribution in [3.05, 3.63) is 23.3 Å². The molecule has 2 unspecified atom stereocenters. The van der Waals surface area contributed by atoms with Crippen molar-refractivity contribution in [1.82, 2.24) is 5.32 Å². The first-order valence-corrected chi connectivity index (χ1v) is 8.04. The van der Waals surface area contributed by atoms with Crippen LogP contribution in [-0.4, -0.2) is 20.8 Å². The van der Waals surface area contributed by atoms with Crippen LogP contribution in [-0.2, 0) is 0 Å². The Bertz CT molecular complexity index is 431. The zero-order valence-corrected chi connectivity index (χ0v) is 14.5. The topological polar surface area (TPSA) is 30.5 Å². The number of ether oxygens (including phenoxy) is 2. The summed E-state index contributed by atoms with van der Waals surface area (Å²) >= 11 is 0. The van der Waals surface area contributed by atoms with Gasteiger partial charge in [-0.25, -0.2) is 0 Å². The minimum absolute atomic E-state index is 0.365. The summed E-state index contributed by atoms with van der Waals surface area (Å²) in [6.45, 7) is 9.96. The van der Waals surface area contributed by atoms with Gasteiger partial charge in [-0.3, -0.25) is 0 Å². The fourth-order valence-electron chi connectivity index (χ4n) is 2.87. The van der Waals surface area contributed by atoms with Crippen LogP contribution in [0.25, 0.3) is 0 Å². The van der Waals surface area contributed by atoms with Gasteiger partial charge in [0.05, 0.1) is 14.2 Å². The average Bonchev–Trinajstić information content (AvgIpc) is 2.48. The van der Waals surface area contributed by atoms with E-state index in [1.807, 2.05) is 0 Å². The van der Waals surface area contributed by atoms with Gasteiger partial charge in [0.2, 0.25) is 0 Å². The van der Waals surface area contributed by atoms with Gasteiger partial charge < -0.3 is 14.8 Å². The minimum Gasteiger partial charge on any atom is -0.493 e. The predicted octanol–water partition coefficient (Wildman–Crippen LogP) is 4.49. The third kappa shape index (κ3) is 4.63. The molecule has 1 N–H and O–H groups in total. The van der Waals surface area contributed by atoms with Crippen LogP contribution < -0.4 is 14.8 Å². The second kappa shape index (κ2) is 8.93. The predicted molar refractivity (Wildman–Crippen MR) is 89.4 cm³/mol. The molecule has 0 amide bonds. The lowest BCUT2D eigenvalue weighted by Gasteiger charge is -2.28. The molecule has 0 radical (unpaired) electrons. The molecule has 0 fully saturated rings. The van der Waals surface area contributed by atoms with Crippen LogP contribution in [0.4, 0.5) is 0 Å². The van der Waals surface area contributed by atoms with Crippen molar-refractivity contribution in [2.75, 3.05) is 20.8 Å². The highest BCUT2D eigenvalue weighted by atomic mass is 16.5. The van der Waals surface area contributed by atoms with Gasteiger partial charge >= 0.3 is 0 Å². The molecule has 3 heteroatoms. The van der Waals surface area contributed by atoms with Crippen molar-refractivity contribution in [2.24, 2.45) is 5.92 Å². The molecule has 1 rings (SSSR count). The van der Waals surface area contributed by atoms with Gasteiger partial charge in [-0.2, -0.15) is 0 Å². The van der Waals surface area contributed by atoms with Gasteiger partial charge in [0.15, 0.2) is 11.5 Å². The molecule has 2 atom stereocenters. The summed E-state index contributed by atoms with van der Waals surface area (Å²) in [6.07, 6.45) is 3.56. The summed E-state index contributed by atoms with van der Waals surface area (Å²) in [4.78, 5) is 0. The van der Waals surface area contributed by atoms with Gasteiger partial charge in [-0.05, 0) is 55.5 Å². The van der Waals surface area contributed by atoms with E-state index in [4.69, 9.17) is 9.47 Å². The lowest BCUT2D eigenvalue weighted by molar-refractivity contribution is 0.344. The van der Waals surface area contributed by atoms with Crippen molar-refractivity contribution in [3.63, 3.8) is 0 Å². The van der Waals surface area contributed by atoms with Crippen LogP contribution in [0.3, 0.4) is 0 Å². The number of rotatable bonds is 9. The van der Waals surface area contributed by atoms with Crippen LogP contribution in [0.1, 0.15) is 57.2 Å². The lowest BCUT2D eigenvalue weighted by Crippen LogP contribution is -2.28.